The van der Waals surface area contributed by atoms with Crippen LogP contribution in [0, 0.1) is 19.8 Å². The van der Waals surface area contributed by atoms with Crippen molar-refractivity contribution in [1.29, 1.82) is 0 Å². The summed E-state index contributed by atoms with van der Waals surface area (Å²) in [5.74, 6) is 1.19. The van der Waals surface area contributed by atoms with Crippen LogP contribution in [0.15, 0.2) is 59.2 Å². The van der Waals surface area contributed by atoms with E-state index in [1.165, 1.54) is 4.57 Å². The first-order valence-electron chi connectivity index (χ1n) is 11.8. The molecule has 1 aromatic carbocycles. The zero-order chi connectivity index (χ0) is 26.0. The molecule has 0 unspecified atom stereocenters. The summed E-state index contributed by atoms with van der Waals surface area (Å²) < 4.78 is 12.6. The molecule has 1 saturated carbocycles. The van der Waals surface area contributed by atoms with Crippen LogP contribution in [0.3, 0.4) is 0 Å². The van der Waals surface area contributed by atoms with Crippen LogP contribution >= 0.6 is 11.6 Å². The second-order valence-electron chi connectivity index (χ2n) is 9.25. The number of nitrogens with zero attached hydrogens (tertiary/aromatic N) is 3. The number of hydrogen-bond acceptors (Lipinski definition) is 6. The van der Waals surface area contributed by atoms with Gasteiger partial charge >= 0.3 is 0 Å². The fraction of sp³-hybridized carbons (Fsp3) is 0.321. The maximum absolute atomic E-state index is 13.3. The molecule has 0 radical (unpaired) electrons. The zero-order valence-corrected chi connectivity index (χ0v) is 21.9. The largest absolute Gasteiger partial charge is 0.497 e. The zero-order valence-electron chi connectivity index (χ0n) is 21.2. The van der Waals surface area contributed by atoms with E-state index in [9.17, 15) is 9.59 Å². The number of ketones is 1. The van der Waals surface area contributed by atoms with E-state index in [-0.39, 0.29) is 23.3 Å². The number of pyridine rings is 2. The molecule has 36 heavy (non-hydrogen) atoms. The molecule has 1 fully saturated rings. The predicted octanol–water partition coefficient (Wildman–Crippen LogP) is 5.13. The number of ether oxygens (including phenoxy) is 2. The van der Waals surface area contributed by atoms with Crippen molar-refractivity contribution in [3.63, 3.8) is 0 Å². The SMILES string of the molecule is COc1ccc(COc2cc(C)n(-c3cc(C(=O)/C(=C\N(C)C)C4CC4)ncc3C)c(=O)c2Cl)cc1. The standard InChI is InChI=1S/C28H30ClN3O4/c1-17-14-30-23(27(33)22(15-31(3)4)20-8-9-20)13-24(17)32-18(2)12-25(26(29)28(32)34)36-16-19-6-10-21(35-5)11-7-19/h6-7,10-15,20H,8-9,16H2,1-5H3/b22-15-. The number of aryl methyl sites for hydroxylation is 2. The Kier molecular flexibility index (Phi) is 7.50. The molecular formula is C28H30ClN3O4. The Hall–Kier alpha value is -3.58. The number of allylic oxidation sites excluding steroid dienone is 1. The predicted molar refractivity (Wildman–Crippen MR) is 140 cm³/mol. The van der Waals surface area contributed by atoms with Gasteiger partial charge in [0.05, 0.1) is 12.8 Å². The van der Waals surface area contributed by atoms with Gasteiger partial charge in [-0.25, -0.2) is 0 Å². The third-order valence-electron chi connectivity index (χ3n) is 6.08. The van der Waals surface area contributed by atoms with E-state index in [1.807, 2.05) is 56.4 Å². The quantitative estimate of drug-likeness (QED) is 0.295. The summed E-state index contributed by atoms with van der Waals surface area (Å²) in [6, 6.07) is 10.9. The molecule has 4 rings (SSSR count). The smallest absolute Gasteiger partial charge is 0.277 e. The van der Waals surface area contributed by atoms with Crippen LogP contribution in [0.5, 0.6) is 11.5 Å². The molecule has 0 atom stereocenters. The van der Waals surface area contributed by atoms with Crippen LogP contribution in [-0.2, 0) is 6.61 Å². The molecule has 3 aromatic rings. The molecule has 0 saturated heterocycles. The number of carbonyl (C=O) groups excluding carboxylic acids is 1. The van der Waals surface area contributed by atoms with Gasteiger partial charge in [0.2, 0.25) is 5.78 Å². The average Bonchev–Trinajstić information content (AvgIpc) is 3.70. The molecule has 0 bridgehead atoms. The Balaban J connectivity index is 1.65. The first-order valence-corrected chi connectivity index (χ1v) is 12.1. The van der Waals surface area contributed by atoms with Gasteiger partial charge in [0.15, 0.2) is 0 Å². The number of Topliss-reactive ketones (excluding diaryl/α,β-unsaturated/α-hetero) is 1. The summed E-state index contributed by atoms with van der Waals surface area (Å²) in [5, 5.41) is -0.0237. The lowest BCUT2D eigenvalue weighted by Crippen LogP contribution is -2.23. The summed E-state index contributed by atoms with van der Waals surface area (Å²) in [6.07, 6.45) is 5.48. The van der Waals surface area contributed by atoms with Crippen molar-refractivity contribution < 1.29 is 14.3 Å². The van der Waals surface area contributed by atoms with Gasteiger partial charge in [-0.15, -0.1) is 0 Å². The Morgan fingerprint density at radius 3 is 2.50 bits per heavy atom. The maximum Gasteiger partial charge on any atom is 0.277 e. The van der Waals surface area contributed by atoms with E-state index in [0.29, 0.717) is 22.8 Å². The molecule has 7 nitrogen and oxygen atoms in total. The summed E-state index contributed by atoms with van der Waals surface area (Å²) in [6.45, 7) is 3.91. The van der Waals surface area contributed by atoms with Crippen molar-refractivity contribution in [2.24, 2.45) is 5.92 Å². The Morgan fingerprint density at radius 1 is 1.19 bits per heavy atom. The van der Waals surface area contributed by atoms with Gasteiger partial charge in [-0.05, 0) is 61.9 Å². The van der Waals surface area contributed by atoms with Gasteiger partial charge in [-0.3, -0.25) is 19.1 Å². The number of carbonyl (C=O) groups is 1. The van der Waals surface area contributed by atoms with Gasteiger partial charge < -0.3 is 14.4 Å². The molecule has 0 N–H and O–H groups in total. The first kappa shape index (κ1) is 25.5. The third-order valence-corrected chi connectivity index (χ3v) is 6.43. The average molecular weight is 508 g/mol. The lowest BCUT2D eigenvalue weighted by molar-refractivity contribution is 0.102. The number of aromatic nitrogens is 2. The van der Waals surface area contributed by atoms with Gasteiger partial charge in [-0.2, -0.15) is 0 Å². The second kappa shape index (κ2) is 10.6. The van der Waals surface area contributed by atoms with Crippen molar-refractivity contribution in [3.05, 3.63) is 92.3 Å². The molecule has 0 aliphatic heterocycles. The van der Waals surface area contributed by atoms with Gasteiger partial charge in [0.1, 0.15) is 28.8 Å². The topological polar surface area (TPSA) is 73.7 Å². The second-order valence-corrected chi connectivity index (χ2v) is 9.63. The van der Waals surface area contributed by atoms with Gasteiger partial charge in [0, 0.05) is 43.8 Å². The monoisotopic (exact) mass is 507 g/mol. The highest BCUT2D eigenvalue weighted by Crippen LogP contribution is 2.38. The Labute approximate surface area is 215 Å². The van der Waals surface area contributed by atoms with Crippen LogP contribution < -0.4 is 15.0 Å². The minimum atomic E-state index is -0.416. The fourth-order valence-electron chi connectivity index (χ4n) is 4.02. The highest BCUT2D eigenvalue weighted by Gasteiger charge is 2.32. The molecule has 188 valence electrons. The van der Waals surface area contributed by atoms with E-state index in [4.69, 9.17) is 21.1 Å². The summed E-state index contributed by atoms with van der Waals surface area (Å²) in [4.78, 5) is 32.9. The number of hydrogen-bond donors (Lipinski definition) is 0. The minimum Gasteiger partial charge on any atom is -0.497 e. The molecule has 0 amide bonds. The number of rotatable bonds is 9. The normalized spacial score (nSPS) is 13.4. The first-order chi connectivity index (χ1) is 17.2. The molecule has 0 spiro atoms. The van der Waals surface area contributed by atoms with Crippen molar-refractivity contribution in [3.8, 4) is 17.2 Å². The summed E-state index contributed by atoms with van der Waals surface area (Å²) in [7, 11) is 5.40. The number of methoxy groups -OCH3 is 1. The minimum absolute atomic E-state index is 0.0237. The highest BCUT2D eigenvalue weighted by molar-refractivity contribution is 6.31. The van der Waals surface area contributed by atoms with E-state index in [2.05, 4.69) is 4.98 Å². The summed E-state index contributed by atoms with van der Waals surface area (Å²) in [5.41, 5.74) is 3.50. The van der Waals surface area contributed by atoms with Crippen LogP contribution in [0.4, 0.5) is 0 Å². The Bertz CT molecular complexity index is 1370. The molecular weight excluding hydrogens is 478 g/mol. The van der Waals surface area contributed by atoms with Crippen molar-refractivity contribution in [2.75, 3.05) is 21.2 Å². The summed E-state index contributed by atoms with van der Waals surface area (Å²) >= 11 is 6.47. The van der Waals surface area contributed by atoms with Crippen molar-refractivity contribution >= 4 is 17.4 Å². The van der Waals surface area contributed by atoms with E-state index in [1.54, 1.807) is 32.4 Å². The highest BCUT2D eigenvalue weighted by atomic mass is 35.5. The Morgan fingerprint density at radius 2 is 1.89 bits per heavy atom. The van der Waals surface area contributed by atoms with Crippen LogP contribution in [0.2, 0.25) is 5.02 Å². The molecule has 1 aliphatic rings. The van der Waals surface area contributed by atoms with Gasteiger partial charge in [-0.1, -0.05) is 23.7 Å². The van der Waals surface area contributed by atoms with Crippen molar-refractivity contribution in [1.82, 2.24) is 14.5 Å². The van der Waals surface area contributed by atoms with E-state index >= 15 is 0 Å². The molecule has 1 aliphatic carbocycles. The molecule has 2 heterocycles. The van der Waals surface area contributed by atoms with E-state index < -0.39 is 5.56 Å². The number of halogens is 1. The van der Waals surface area contributed by atoms with Crippen LogP contribution in [0.25, 0.3) is 5.69 Å². The lowest BCUT2D eigenvalue weighted by Gasteiger charge is -2.17. The van der Waals surface area contributed by atoms with Crippen molar-refractivity contribution in [2.45, 2.75) is 33.3 Å². The number of benzene rings is 1. The van der Waals surface area contributed by atoms with Gasteiger partial charge in [0.25, 0.3) is 5.56 Å². The third kappa shape index (κ3) is 5.46. The van der Waals surface area contributed by atoms with Crippen LogP contribution in [-0.4, -0.2) is 41.4 Å². The molecule has 2 aromatic heterocycles. The molecule has 8 heteroatoms. The van der Waals surface area contributed by atoms with Crippen LogP contribution in [0.1, 0.15) is 40.2 Å². The maximum atomic E-state index is 13.3. The fourth-order valence-corrected chi connectivity index (χ4v) is 4.21. The van der Waals surface area contributed by atoms with E-state index in [0.717, 1.165) is 35.3 Å². The lowest BCUT2D eigenvalue weighted by atomic mass is 10.0.